The van der Waals surface area contributed by atoms with Gasteiger partial charge in [0.25, 0.3) is 0 Å². The number of hydrogen-bond acceptors (Lipinski definition) is 2. The number of rotatable bonds is 4. The van der Waals surface area contributed by atoms with Crippen molar-refractivity contribution in [2.75, 3.05) is 11.9 Å². The van der Waals surface area contributed by atoms with Crippen LogP contribution in [-0.2, 0) is 4.79 Å². The van der Waals surface area contributed by atoms with Gasteiger partial charge in [-0.05, 0) is 31.9 Å². The SMILES string of the molecule is CC(=O)CCNc1c(C)cccc1C. The zero-order chi connectivity index (χ0) is 10.6. The molecule has 2 nitrogen and oxygen atoms in total. The summed E-state index contributed by atoms with van der Waals surface area (Å²) in [7, 11) is 0. The Balaban J connectivity index is 2.62. The van der Waals surface area contributed by atoms with Gasteiger partial charge in [0.05, 0.1) is 0 Å². The van der Waals surface area contributed by atoms with Crippen LogP contribution in [0.4, 0.5) is 5.69 Å². The van der Waals surface area contributed by atoms with Crippen molar-refractivity contribution in [2.24, 2.45) is 0 Å². The fraction of sp³-hybridized carbons (Fsp3) is 0.417. The molecule has 76 valence electrons. The number of carbonyl (C=O) groups is 1. The molecule has 0 radical (unpaired) electrons. The molecular weight excluding hydrogens is 174 g/mol. The lowest BCUT2D eigenvalue weighted by atomic mass is 10.1. The topological polar surface area (TPSA) is 29.1 Å². The number of hydrogen-bond donors (Lipinski definition) is 1. The lowest BCUT2D eigenvalue weighted by Gasteiger charge is -2.11. The summed E-state index contributed by atoms with van der Waals surface area (Å²) in [5, 5.41) is 3.29. The Kier molecular flexibility index (Phi) is 3.69. The first-order valence-electron chi connectivity index (χ1n) is 4.91. The fourth-order valence-corrected chi connectivity index (χ4v) is 1.46. The van der Waals surface area contributed by atoms with Crippen LogP contribution >= 0.6 is 0 Å². The normalized spacial score (nSPS) is 9.93. The largest absolute Gasteiger partial charge is 0.384 e. The number of anilines is 1. The highest BCUT2D eigenvalue weighted by Gasteiger charge is 2.00. The van der Waals surface area contributed by atoms with Crippen LogP contribution in [0.25, 0.3) is 0 Å². The molecule has 1 aromatic rings. The van der Waals surface area contributed by atoms with Crippen LogP contribution in [-0.4, -0.2) is 12.3 Å². The van der Waals surface area contributed by atoms with Gasteiger partial charge in [-0.25, -0.2) is 0 Å². The Morgan fingerprint density at radius 2 is 1.86 bits per heavy atom. The van der Waals surface area contributed by atoms with E-state index in [-0.39, 0.29) is 5.78 Å². The maximum absolute atomic E-state index is 10.8. The summed E-state index contributed by atoms with van der Waals surface area (Å²) in [6, 6.07) is 6.19. The molecule has 1 aromatic carbocycles. The van der Waals surface area contributed by atoms with E-state index >= 15 is 0 Å². The van der Waals surface area contributed by atoms with Crippen LogP contribution in [0.2, 0.25) is 0 Å². The quantitative estimate of drug-likeness (QED) is 0.792. The number of aryl methyl sites for hydroxylation is 2. The highest BCUT2D eigenvalue weighted by molar-refractivity contribution is 5.76. The fourth-order valence-electron chi connectivity index (χ4n) is 1.46. The molecule has 0 heterocycles. The van der Waals surface area contributed by atoms with Crippen molar-refractivity contribution in [3.05, 3.63) is 29.3 Å². The molecule has 14 heavy (non-hydrogen) atoms. The third-order valence-electron chi connectivity index (χ3n) is 2.26. The van der Waals surface area contributed by atoms with Crippen molar-refractivity contribution >= 4 is 11.5 Å². The first-order valence-corrected chi connectivity index (χ1v) is 4.91. The van der Waals surface area contributed by atoms with Gasteiger partial charge in [-0.15, -0.1) is 0 Å². The van der Waals surface area contributed by atoms with Crippen LogP contribution < -0.4 is 5.32 Å². The average Bonchev–Trinajstić information content (AvgIpc) is 2.09. The van der Waals surface area contributed by atoms with E-state index in [9.17, 15) is 4.79 Å². The van der Waals surface area contributed by atoms with E-state index in [0.29, 0.717) is 6.42 Å². The number of carbonyl (C=O) groups excluding carboxylic acids is 1. The Bertz CT molecular complexity index is 311. The standard InChI is InChI=1S/C12H17NO/c1-9-5-4-6-10(2)12(9)13-8-7-11(3)14/h4-6,13H,7-8H2,1-3H3. The zero-order valence-corrected chi connectivity index (χ0v) is 9.05. The van der Waals surface area contributed by atoms with Gasteiger partial charge in [-0.2, -0.15) is 0 Å². The zero-order valence-electron chi connectivity index (χ0n) is 9.05. The minimum Gasteiger partial charge on any atom is -0.384 e. The van der Waals surface area contributed by atoms with Crippen molar-refractivity contribution in [1.29, 1.82) is 0 Å². The van der Waals surface area contributed by atoms with E-state index < -0.39 is 0 Å². The summed E-state index contributed by atoms with van der Waals surface area (Å²) in [4.78, 5) is 10.8. The maximum Gasteiger partial charge on any atom is 0.131 e. The molecule has 0 atom stereocenters. The third-order valence-corrected chi connectivity index (χ3v) is 2.26. The van der Waals surface area contributed by atoms with E-state index in [1.165, 1.54) is 11.1 Å². The molecule has 0 fully saturated rings. The van der Waals surface area contributed by atoms with Crippen LogP contribution in [0, 0.1) is 13.8 Å². The Morgan fingerprint density at radius 3 is 2.36 bits per heavy atom. The monoisotopic (exact) mass is 191 g/mol. The van der Waals surface area contributed by atoms with Crippen LogP contribution in [0.1, 0.15) is 24.5 Å². The Labute approximate surface area is 85.3 Å². The smallest absolute Gasteiger partial charge is 0.131 e. The predicted octanol–water partition coefficient (Wildman–Crippen LogP) is 2.69. The van der Waals surface area contributed by atoms with Gasteiger partial charge in [-0.3, -0.25) is 4.79 Å². The Morgan fingerprint density at radius 1 is 1.29 bits per heavy atom. The molecule has 0 aliphatic heterocycles. The van der Waals surface area contributed by atoms with Gasteiger partial charge in [-0.1, -0.05) is 18.2 Å². The van der Waals surface area contributed by atoms with Crippen molar-refractivity contribution in [2.45, 2.75) is 27.2 Å². The maximum atomic E-state index is 10.8. The summed E-state index contributed by atoms with van der Waals surface area (Å²) in [6.45, 7) is 6.49. The number of Topliss-reactive ketones (excluding diaryl/α,β-unsaturated/α-hetero) is 1. The van der Waals surface area contributed by atoms with E-state index in [4.69, 9.17) is 0 Å². The van der Waals surface area contributed by atoms with Gasteiger partial charge in [0.1, 0.15) is 5.78 Å². The van der Waals surface area contributed by atoms with Crippen LogP contribution in [0.5, 0.6) is 0 Å². The van der Waals surface area contributed by atoms with Crippen molar-refractivity contribution in [3.63, 3.8) is 0 Å². The minimum absolute atomic E-state index is 0.226. The van der Waals surface area contributed by atoms with E-state index in [1.807, 2.05) is 6.07 Å². The Hall–Kier alpha value is -1.31. The molecule has 0 aromatic heterocycles. The van der Waals surface area contributed by atoms with Gasteiger partial charge in [0.2, 0.25) is 0 Å². The lowest BCUT2D eigenvalue weighted by molar-refractivity contribution is -0.116. The van der Waals surface area contributed by atoms with E-state index in [2.05, 4.69) is 31.3 Å². The summed E-state index contributed by atoms with van der Waals surface area (Å²) in [6.07, 6.45) is 0.591. The summed E-state index contributed by atoms with van der Waals surface area (Å²) in [5.74, 6) is 0.226. The highest BCUT2D eigenvalue weighted by atomic mass is 16.1. The molecule has 0 amide bonds. The predicted molar refractivity (Wildman–Crippen MR) is 59.7 cm³/mol. The molecule has 0 aliphatic carbocycles. The second-order valence-electron chi connectivity index (χ2n) is 3.65. The third kappa shape index (κ3) is 2.87. The van der Waals surface area contributed by atoms with Gasteiger partial charge >= 0.3 is 0 Å². The number of para-hydroxylation sites is 1. The van der Waals surface area contributed by atoms with E-state index in [1.54, 1.807) is 6.92 Å². The van der Waals surface area contributed by atoms with Crippen molar-refractivity contribution in [1.82, 2.24) is 0 Å². The highest BCUT2D eigenvalue weighted by Crippen LogP contribution is 2.18. The minimum atomic E-state index is 0.226. The van der Waals surface area contributed by atoms with Crippen molar-refractivity contribution < 1.29 is 4.79 Å². The second kappa shape index (κ2) is 4.80. The average molecular weight is 191 g/mol. The second-order valence-corrected chi connectivity index (χ2v) is 3.65. The number of nitrogens with one attached hydrogen (secondary N) is 1. The lowest BCUT2D eigenvalue weighted by Crippen LogP contribution is -2.07. The number of benzene rings is 1. The van der Waals surface area contributed by atoms with Crippen LogP contribution in [0.15, 0.2) is 18.2 Å². The molecule has 1 rings (SSSR count). The molecule has 1 N–H and O–H groups in total. The van der Waals surface area contributed by atoms with Gasteiger partial charge in [0.15, 0.2) is 0 Å². The molecule has 0 saturated carbocycles. The molecular formula is C12H17NO. The van der Waals surface area contributed by atoms with Crippen molar-refractivity contribution in [3.8, 4) is 0 Å². The van der Waals surface area contributed by atoms with E-state index in [0.717, 1.165) is 12.2 Å². The summed E-state index contributed by atoms with van der Waals surface area (Å²) < 4.78 is 0. The first-order chi connectivity index (χ1) is 6.61. The molecule has 0 spiro atoms. The van der Waals surface area contributed by atoms with Crippen LogP contribution in [0.3, 0.4) is 0 Å². The summed E-state index contributed by atoms with van der Waals surface area (Å²) in [5.41, 5.74) is 3.62. The molecule has 2 heteroatoms. The van der Waals surface area contributed by atoms with Gasteiger partial charge in [0, 0.05) is 18.7 Å². The summed E-state index contributed by atoms with van der Waals surface area (Å²) >= 11 is 0. The molecule has 0 unspecified atom stereocenters. The number of ketones is 1. The first kappa shape index (κ1) is 10.8. The molecule has 0 saturated heterocycles. The van der Waals surface area contributed by atoms with Gasteiger partial charge < -0.3 is 5.32 Å². The molecule has 0 aliphatic rings. The molecule has 0 bridgehead atoms.